The minimum atomic E-state index is -3.76. The van der Waals surface area contributed by atoms with Gasteiger partial charge in [-0.3, -0.25) is 4.90 Å². The quantitative estimate of drug-likeness (QED) is 0.612. The van der Waals surface area contributed by atoms with Crippen molar-refractivity contribution >= 4 is 20.0 Å². The van der Waals surface area contributed by atoms with E-state index in [0.717, 1.165) is 44.3 Å². The Morgan fingerprint density at radius 1 is 0.833 bits per heavy atom. The van der Waals surface area contributed by atoms with Crippen molar-refractivity contribution in [2.45, 2.75) is 47.6 Å². The summed E-state index contributed by atoms with van der Waals surface area (Å²) < 4.78 is 55.5. The Hall–Kier alpha value is -1.78. The van der Waals surface area contributed by atoms with Crippen LogP contribution in [-0.4, -0.2) is 47.4 Å². The highest BCUT2D eigenvalue weighted by Crippen LogP contribution is 2.26. The zero-order chi connectivity index (χ0) is 21.2. The van der Waals surface area contributed by atoms with Gasteiger partial charge in [-0.15, -0.1) is 0 Å². The molecular formula is C21H27N3O4S2. The molecule has 0 amide bonds. The van der Waals surface area contributed by atoms with Crippen molar-refractivity contribution in [3.05, 3.63) is 60.2 Å². The highest BCUT2D eigenvalue weighted by atomic mass is 32.2. The van der Waals surface area contributed by atoms with Gasteiger partial charge in [0, 0.05) is 18.6 Å². The molecule has 0 radical (unpaired) electrons. The monoisotopic (exact) mass is 449 g/mol. The van der Waals surface area contributed by atoms with Crippen LogP contribution in [-0.2, 0) is 20.0 Å². The third-order valence-electron chi connectivity index (χ3n) is 5.58. The van der Waals surface area contributed by atoms with Crippen molar-refractivity contribution < 1.29 is 16.8 Å². The van der Waals surface area contributed by atoms with E-state index >= 15 is 0 Å². The molecule has 0 bridgehead atoms. The van der Waals surface area contributed by atoms with Gasteiger partial charge in [0.1, 0.15) is 0 Å². The first-order valence-electron chi connectivity index (χ1n) is 10.3. The zero-order valence-electron chi connectivity index (χ0n) is 16.7. The fraction of sp³-hybridized carbons (Fsp3) is 0.429. The van der Waals surface area contributed by atoms with Gasteiger partial charge in [-0.1, -0.05) is 30.3 Å². The molecule has 2 N–H and O–H groups in total. The zero-order valence-corrected chi connectivity index (χ0v) is 18.3. The second-order valence-electron chi connectivity index (χ2n) is 7.89. The summed E-state index contributed by atoms with van der Waals surface area (Å²) in [6.45, 7) is 2.15. The fourth-order valence-electron chi connectivity index (χ4n) is 3.74. The molecule has 1 heterocycles. The summed E-state index contributed by atoms with van der Waals surface area (Å²) in [6.07, 6.45) is 3.91. The van der Waals surface area contributed by atoms with E-state index in [1.54, 1.807) is 0 Å². The maximum atomic E-state index is 12.8. The Morgan fingerprint density at radius 2 is 1.40 bits per heavy atom. The van der Waals surface area contributed by atoms with Crippen LogP contribution in [0.2, 0.25) is 0 Å². The van der Waals surface area contributed by atoms with Gasteiger partial charge in [-0.05, 0) is 68.6 Å². The molecule has 4 rings (SSSR count). The first-order chi connectivity index (χ1) is 14.4. The molecule has 1 aliphatic carbocycles. The van der Waals surface area contributed by atoms with Crippen LogP contribution in [0.15, 0.2) is 64.4 Å². The number of nitrogens with one attached hydrogen (secondary N) is 2. The molecule has 1 saturated heterocycles. The Bertz CT molecular complexity index is 1060. The number of likely N-dealkylation sites (tertiary alicyclic amines) is 1. The summed E-state index contributed by atoms with van der Waals surface area (Å²) in [7, 11) is -7.36. The SMILES string of the molecule is O=S(=O)(NCC(c1ccccc1)N1CCCC1)c1ccc(S(=O)(=O)NC2CC2)cc1. The molecule has 2 aliphatic rings. The van der Waals surface area contributed by atoms with Crippen LogP contribution in [0.5, 0.6) is 0 Å². The lowest BCUT2D eigenvalue weighted by Gasteiger charge is -2.28. The van der Waals surface area contributed by atoms with Crippen LogP contribution in [0.1, 0.15) is 37.3 Å². The van der Waals surface area contributed by atoms with Gasteiger partial charge in [-0.25, -0.2) is 26.3 Å². The number of sulfonamides is 2. The number of nitrogens with zero attached hydrogens (tertiary/aromatic N) is 1. The van der Waals surface area contributed by atoms with Crippen LogP contribution in [0.25, 0.3) is 0 Å². The Balaban J connectivity index is 1.47. The predicted molar refractivity (Wildman–Crippen MR) is 115 cm³/mol. The lowest BCUT2D eigenvalue weighted by atomic mass is 10.1. The van der Waals surface area contributed by atoms with Gasteiger partial charge in [-0.2, -0.15) is 0 Å². The third kappa shape index (κ3) is 5.09. The van der Waals surface area contributed by atoms with E-state index in [2.05, 4.69) is 14.3 Å². The molecule has 1 aliphatic heterocycles. The molecule has 9 heteroatoms. The minimum absolute atomic E-state index is 0.000540. The van der Waals surface area contributed by atoms with E-state index in [1.165, 1.54) is 24.3 Å². The minimum Gasteiger partial charge on any atom is -0.295 e. The summed E-state index contributed by atoms with van der Waals surface area (Å²) in [5.74, 6) is 0. The summed E-state index contributed by atoms with van der Waals surface area (Å²) in [5.41, 5.74) is 1.08. The maximum absolute atomic E-state index is 12.8. The molecule has 2 aromatic carbocycles. The van der Waals surface area contributed by atoms with Gasteiger partial charge >= 0.3 is 0 Å². The molecule has 2 fully saturated rings. The van der Waals surface area contributed by atoms with Crippen LogP contribution < -0.4 is 9.44 Å². The lowest BCUT2D eigenvalue weighted by molar-refractivity contribution is 0.246. The van der Waals surface area contributed by atoms with Crippen molar-refractivity contribution in [2.24, 2.45) is 0 Å². The van der Waals surface area contributed by atoms with Crippen LogP contribution in [0.4, 0.5) is 0 Å². The number of hydrogen-bond acceptors (Lipinski definition) is 5. The maximum Gasteiger partial charge on any atom is 0.240 e. The Kier molecular flexibility index (Phi) is 6.26. The topological polar surface area (TPSA) is 95.6 Å². The highest BCUT2D eigenvalue weighted by molar-refractivity contribution is 7.90. The first-order valence-corrected chi connectivity index (χ1v) is 13.2. The number of benzene rings is 2. The highest BCUT2D eigenvalue weighted by Gasteiger charge is 2.29. The van der Waals surface area contributed by atoms with Gasteiger partial charge < -0.3 is 0 Å². The Labute approximate surface area is 178 Å². The average Bonchev–Trinajstić information content (AvgIpc) is 3.37. The molecule has 162 valence electrons. The second kappa shape index (κ2) is 8.76. The van der Waals surface area contributed by atoms with Crippen molar-refractivity contribution in [1.29, 1.82) is 0 Å². The van der Waals surface area contributed by atoms with Gasteiger partial charge in [0.2, 0.25) is 20.0 Å². The number of rotatable bonds is 9. The van der Waals surface area contributed by atoms with E-state index < -0.39 is 20.0 Å². The van der Waals surface area contributed by atoms with Crippen molar-refractivity contribution in [2.75, 3.05) is 19.6 Å². The standard InChI is InChI=1S/C21H27N3O4S2/c25-29(26,19-10-12-20(13-11-19)30(27,28)23-18-8-9-18)22-16-21(24-14-4-5-15-24)17-6-2-1-3-7-17/h1-3,6-7,10-13,18,21-23H,4-5,8-9,14-16H2. The lowest BCUT2D eigenvalue weighted by Crippen LogP contribution is -2.36. The average molecular weight is 450 g/mol. The van der Waals surface area contributed by atoms with E-state index in [9.17, 15) is 16.8 Å². The molecule has 0 spiro atoms. The van der Waals surface area contributed by atoms with Gasteiger partial charge in [0.05, 0.1) is 9.79 Å². The summed E-state index contributed by atoms with van der Waals surface area (Å²) >= 11 is 0. The van der Waals surface area contributed by atoms with E-state index in [1.807, 2.05) is 30.3 Å². The van der Waals surface area contributed by atoms with E-state index in [-0.39, 0.29) is 28.4 Å². The molecular weight excluding hydrogens is 422 g/mol. The summed E-state index contributed by atoms with van der Waals surface area (Å²) in [5, 5.41) is 0. The van der Waals surface area contributed by atoms with E-state index in [4.69, 9.17) is 0 Å². The van der Waals surface area contributed by atoms with Gasteiger partial charge in [0.25, 0.3) is 0 Å². The molecule has 1 unspecified atom stereocenters. The molecule has 0 aromatic heterocycles. The molecule has 1 saturated carbocycles. The molecule has 1 atom stereocenters. The Morgan fingerprint density at radius 3 is 1.97 bits per heavy atom. The summed E-state index contributed by atoms with van der Waals surface area (Å²) in [4.78, 5) is 2.44. The predicted octanol–water partition coefficient (Wildman–Crippen LogP) is 2.24. The fourth-order valence-corrected chi connectivity index (χ4v) is 6.09. The van der Waals surface area contributed by atoms with E-state index in [0.29, 0.717) is 0 Å². The second-order valence-corrected chi connectivity index (χ2v) is 11.4. The van der Waals surface area contributed by atoms with Crippen LogP contribution >= 0.6 is 0 Å². The number of hydrogen-bond donors (Lipinski definition) is 2. The molecule has 2 aromatic rings. The molecule has 30 heavy (non-hydrogen) atoms. The largest absolute Gasteiger partial charge is 0.295 e. The third-order valence-corrected chi connectivity index (χ3v) is 8.55. The molecule has 7 nitrogen and oxygen atoms in total. The van der Waals surface area contributed by atoms with Crippen molar-refractivity contribution in [3.8, 4) is 0 Å². The van der Waals surface area contributed by atoms with Crippen LogP contribution in [0, 0.1) is 0 Å². The van der Waals surface area contributed by atoms with Crippen LogP contribution in [0.3, 0.4) is 0 Å². The van der Waals surface area contributed by atoms with Gasteiger partial charge in [0.15, 0.2) is 0 Å². The smallest absolute Gasteiger partial charge is 0.240 e. The van der Waals surface area contributed by atoms with Crippen molar-refractivity contribution in [1.82, 2.24) is 14.3 Å². The first kappa shape index (κ1) is 21.5. The van der Waals surface area contributed by atoms with Crippen molar-refractivity contribution in [3.63, 3.8) is 0 Å². The normalized spacial score (nSPS) is 19.1. The summed E-state index contributed by atoms with van der Waals surface area (Å²) in [6, 6.07) is 15.2.